The monoisotopic (exact) mass is 145 g/mol. The number of guanidine groups is 1. The Morgan fingerprint density at radius 3 is 2.30 bits per heavy atom. The quantitative estimate of drug-likeness (QED) is 0.168. The number of hydrogen-bond donors (Lipinski definition) is 3. The fourth-order valence-corrected chi connectivity index (χ4v) is 0.322. The Morgan fingerprint density at radius 1 is 1.80 bits per heavy atom. The molecule has 0 aliphatic rings. The minimum atomic E-state index is -1.36. The lowest BCUT2D eigenvalue weighted by molar-refractivity contribution is -0.310. The molecule has 58 valence electrons. The maximum Gasteiger partial charge on any atom is 0.203 e. The Balaban J connectivity index is 4.07. The highest BCUT2D eigenvalue weighted by Crippen LogP contribution is 1.87. The summed E-state index contributed by atoms with van der Waals surface area (Å²) < 4.78 is 0. The summed E-state index contributed by atoms with van der Waals surface area (Å²) >= 11 is 0. The Bertz CT molecular complexity index is 139. The molecule has 0 aliphatic heterocycles. The van der Waals surface area contributed by atoms with Crippen LogP contribution >= 0.6 is 0 Å². The number of nitrogens with one attached hydrogen (secondary N) is 1. The van der Waals surface area contributed by atoms with Crippen LogP contribution in [0.4, 0.5) is 0 Å². The predicted octanol–water partition coefficient (Wildman–Crippen LogP) is -2.81. The van der Waals surface area contributed by atoms with Gasteiger partial charge < -0.3 is 15.6 Å². The number of hydrogen-bond acceptors (Lipinski definition) is 4. The van der Waals surface area contributed by atoms with Crippen LogP contribution in [0.5, 0.6) is 0 Å². The van der Waals surface area contributed by atoms with Gasteiger partial charge in [-0.25, -0.2) is 5.84 Å². The number of rotatable bonds is 2. The maximum absolute atomic E-state index is 10.1. The van der Waals surface area contributed by atoms with Crippen molar-refractivity contribution in [2.75, 3.05) is 0 Å². The average Bonchev–Trinajstić information content (AvgIpc) is 1.84. The molecule has 0 spiro atoms. The number of aliphatic carboxylic acids is 1. The maximum atomic E-state index is 10.1. The number of carbonyl (C=O) groups excluding carboxylic acids is 1. The van der Waals surface area contributed by atoms with E-state index >= 15 is 0 Å². The smallest absolute Gasteiger partial charge is 0.203 e. The van der Waals surface area contributed by atoms with Crippen molar-refractivity contribution in [3.8, 4) is 0 Å². The van der Waals surface area contributed by atoms with E-state index in [9.17, 15) is 9.90 Å². The summed E-state index contributed by atoms with van der Waals surface area (Å²) in [6.07, 6.45) is 0. The molecule has 0 fully saturated rings. The van der Waals surface area contributed by atoms with Gasteiger partial charge in [0.2, 0.25) is 5.96 Å². The number of carboxylic acids is 1. The zero-order chi connectivity index (χ0) is 8.31. The molecule has 6 heteroatoms. The van der Waals surface area contributed by atoms with Crippen molar-refractivity contribution in [1.29, 1.82) is 5.41 Å². The molecule has 0 aromatic rings. The summed E-state index contributed by atoms with van der Waals surface area (Å²) in [6, 6.07) is -1.07. The lowest BCUT2D eigenvalue weighted by Crippen LogP contribution is -2.54. The minimum absolute atomic E-state index is 0.503. The van der Waals surface area contributed by atoms with Crippen LogP contribution in [0.15, 0.2) is 0 Å². The molecule has 0 aromatic heterocycles. The van der Waals surface area contributed by atoms with Gasteiger partial charge in [-0.05, 0) is 6.92 Å². The third kappa shape index (κ3) is 1.90. The van der Waals surface area contributed by atoms with Gasteiger partial charge >= 0.3 is 0 Å². The molecule has 10 heavy (non-hydrogen) atoms. The number of carboxylic acid groups (broad SMARTS) is 1. The fraction of sp³-hybridized carbons (Fsp3) is 0.500. The van der Waals surface area contributed by atoms with Gasteiger partial charge in [0.15, 0.2) is 0 Å². The number of nitrogens with two attached hydrogens (primary N) is 2. The number of nitrogens with zero attached hydrogens (tertiary/aromatic N) is 1. The second kappa shape index (κ2) is 3.02. The van der Waals surface area contributed by atoms with Crippen LogP contribution in [-0.4, -0.2) is 23.0 Å². The molecule has 6 nitrogen and oxygen atoms in total. The van der Waals surface area contributed by atoms with E-state index in [0.717, 1.165) is 0 Å². The van der Waals surface area contributed by atoms with Crippen LogP contribution in [0.25, 0.3) is 0 Å². The van der Waals surface area contributed by atoms with E-state index < -0.39 is 18.0 Å². The third-order valence-electron chi connectivity index (χ3n) is 1.04. The first-order chi connectivity index (χ1) is 4.46. The highest BCUT2D eigenvalue weighted by Gasteiger charge is 2.10. The van der Waals surface area contributed by atoms with Gasteiger partial charge in [0, 0.05) is 0 Å². The van der Waals surface area contributed by atoms with Crippen molar-refractivity contribution in [2.45, 2.75) is 13.0 Å². The van der Waals surface area contributed by atoms with Crippen molar-refractivity contribution >= 4 is 11.9 Å². The van der Waals surface area contributed by atoms with E-state index in [0.29, 0.717) is 5.01 Å². The largest absolute Gasteiger partial charge is 0.548 e. The molecule has 5 N–H and O–H groups in total. The van der Waals surface area contributed by atoms with Crippen LogP contribution in [-0.2, 0) is 4.79 Å². The summed E-state index contributed by atoms with van der Waals surface area (Å²) in [5, 5.41) is 17.4. The van der Waals surface area contributed by atoms with E-state index in [2.05, 4.69) is 0 Å². The summed E-state index contributed by atoms with van der Waals surface area (Å²) in [5.74, 6) is 3.16. The molecule has 1 unspecified atom stereocenters. The first kappa shape index (κ1) is 8.70. The molecule has 0 radical (unpaired) electrons. The van der Waals surface area contributed by atoms with Gasteiger partial charge in [0.1, 0.15) is 0 Å². The fourth-order valence-electron chi connectivity index (χ4n) is 0.322. The Hall–Kier alpha value is -1.30. The van der Waals surface area contributed by atoms with Crippen molar-refractivity contribution in [3.05, 3.63) is 0 Å². The van der Waals surface area contributed by atoms with Gasteiger partial charge in [-0.1, -0.05) is 0 Å². The highest BCUT2D eigenvalue weighted by atomic mass is 16.4. The summed E-state index contributed by atoms with van der Waals surface area (Å²) in [7, 11) is 0. The van der Waals surface area contributed by atoms with Crippen LogP contribution < -0.4 is 16.7 Å². The van der Waals surface area contributed by atoms with Crippen molar-refractivity contribution in [1.82, 2.24) is 5.01 Å². The van der Waals surface area contributed by atoms with Gasteiger partial charge in [-0.15, -0.1) is 0 Å². The molecule has 0 aliphatic carbocycles. The van der Waals surface area contributed by atoms with Crippen molar-refractivity contribution in [2.24, 2.45) is 11.6 Å². The normalized spacial score (nSPS) is 12.2. The average molecular weight is 145 g/mol. The first-order valence-corrected chi connectivity index (χ1v) is 2.55. The summed E-state index contributed by atoms with van der Waals surface area (Å²) in [5.41, 5.74) is 4.87. The highest BCUT2D eigenvalue weighted by molar-refractivity contribution is 5.81. The minimum Gasteiger partial charge on any atom is -0.548 e. The second-order valence-corrected chi connectivity index (χ2v) is 1.79. The zero-order valence-corrected chi connectivity index (χ0v) is 5.50. The van der Waals surface area contributed by atoms with Gasteiger partial charge in [0.25, 0.3) is 0 Å². The third-order valence-corrected chi connectivity index (χ3v) is 1.04. The molecule has 0 saturated heterocycles. The first-order valence-electron chi connectivity index (χ1n) is 2.55. The Labute approximate surface area is 57.9 Å². The van der Waals surface area contributed by atoms with E-state index in [1.54, 1.807) is 0 Å². The second-order valence-electron chi connectivity index (χ2n) is 1.79. The molecule has 0 aromatic carbocycles. The summed E-state index contributed by atoms with van der Waals surface area (Å²) in [6.45, 7) is 1.27. The molecule has 0 amide bonds. The van der Waals surface area contributed by atoms with Gasteiger partial charge in [0.05, 0.1) is 12.0 Å². The van der Waals surface area contributed by atoms with Gasteiger partial charge in [-0.2, -0.15) is 0 Å². The number of hydrazine groups is 1. The topological polar surface area (TPSA) is 119 Å². The van der Waals surface area contributed by atoms with Crippen molar-refractivity contribution in [3.63, 3.8) is 0 Å². The lowest BCUT2D eigenvalue weighted by atomic mass is 10.3. The van der Waals surface area contributed by atoms with Gasteiger partial charge in [-0.3, -0.25) is 10.4 Å². The Kier molecular flexibility index (Phi) is 2.63. The molecular weight excluding hydrogens is 136 g/mol. The lowest BCUT2D eigenvalue weighted by Gasteiger charge is -2.24. The van der Waals surface area contributed by atoms with Crippen LogP contribution in [0, 0.1) is 5.41 Å². The van der Waals surface area contributed by atoms with Crippen LogP contribution in [0.1, 0.15) is 6.92 Å². The molecule has 0 saturated carbocycles. The summed E-state index contributed by atoms with van der Waals surface area (Å²) in [4.78, 5) is 10.1. The molecular formula is C4H9N4O2-. The van der Waals surface area contributed by atoms with E-state index in [1.165, 1.54) is 6.92 Å². The molecule has 0 heterocycles. The van der Waals surface area contributed by atoms with Crippen LogP contribution in [0.3, 0.4) is 0 Å². The Morgan fingerprint density at radius 2 is 2.20 bits per heavy atom. The predicted molar refractivity (Wildman–Crippen MR) is 32.4 cm³/mol. The zero-order valence-electron chi connectivity index (χ0n) is 5.50. The van der Waals surface area contributed by atoms with E-state index in [1.807, 2.05) is 0 Å². The van der Waals surface area contributed by atoms with Crippen molar-refractivity contribution < 1.29 is 9.90 Å². The molecule has 1 atom stereocenters. The van der Waals surface area contributed by atoms with E-state index in [4.69, 9.17) is 17.0 Å². The molecule has 0 rings (SSSR count). The standard InChI is InChI=1S/C4H10N4O2/c1-2(3(9)10)8(7)4(5)6/h2H,7H2,1H3,(H3,5,6)(H,9,10)/p-1. The van der Waals surface area contributed by atoms with Crippen LogP contribution in [0.2, 0.25) is 0 Å². The van der Waals surface area contributed by atoms with E-state index in [-0.39, 0.29) is 0 Å². The SMILES string of the molecule is CC(C(=O)[O-])N(N)C(=N)N. The molecule has 0 bridgehead atoms. The number of carbonyl (C=O) groups is 1.